The van der Waals surface area contributed by atoms with Gasteiger partial charge in [-0.1, -0.05) is 19.8 Å². The van der Waals surface area contributed by atoms with Crippen molar-refractivity contribution in [2.45, 2.75) is 45.6 Å². The van der Waals surface area contributed by atoms with Crippen LogP contribution in [-0.4, -0.2) is 35.9 Å². The van der Waals surface area contributed by atoms with Gasteiger partial charge in [0.25, 0.3) is 0 Å². The summed E-state index contributed by atoms with van der Waals surface area (Å²) in [5.74, 6) is 0.915. The molecule has 1 aliphatic rings. The summed E-state index contributed by atoms with van der Waals surface area (Å²) in [7, 11) is 1.83. The Kier molecular flexibility index (Phi) is 5.44. The van der Waals surface area contributed by atoms with E-state index in [2.05, 4.69) is 27.6 Å². The van der Waals surface area contributed by atoms with Crippen LogP contribution in [0.25, 0.3) is 0 Å². The lowest BCUT2D eigenvalue weighted by Crippen LogP contribution is -2.42. The molecule has 2 N–H and O–H groups in total. The minimum Gasteiger partial charge on any atom is -0.356 e. The van der Waals surface area contributed by atoms with E-state index in [1.807, 2.05) is 30.2 Å². The van der Waals surface area contributed by atoms with E-state index >= 15 is 0 Å². The van der Waals surface area contributed by atoms with Crippen molar-refractivity contribution in [1.29, 1.82) is 0 Å². The van der Waals surface area contributed by atoms with Crippen LogP contribution in [0.1, 0.15) is 39.0 Å². The summed E-state index contributed by atoms with van der Waals surface area (Å²) in [5, 5.41) is 11.0. The Morgan fingerprint density at radius 1 is 1.35 bits per heavy atom. The van der Waals surface area contributed by atoms with Crippen molar-refractivity contribution in [3.8, 4) is 0 Å². The number of guanidine groups is 1. The van der Waals surface area contributed by atoms with Gasteiger partial charge in [-0.15, -0.1) is 0 Å². The molecule has 1 aromatic rings. The molecule has 1 heterocycles. The van der Waals surface area contributed by atoms with Crippen LogP contribution in [0.2, 0.25) is 0 Å². The van der Waals surface area contributed by atoms with E-state index in [9.17, 15) is 0 Å². The maximum Gasteiger partial charge on any atom is 0.190 e. The molecular formula is C15H27N5. The minimum absolute atomic E-state index is 0.451. The summed E-state index contributed by atoms with van der Waals surface area (Å²) < 4.78 is 1.96. The molecule has 5 nitrogen and oxygen atoms in total. The van der Waals surface area contributed by atoms with Crippen molar-refractivity contribution < 1.29 is 0 Å². The highest BCUT2D eigenvalue weighted by atomic mass is 15.3. The van der Waals surface area contributed by atoms with Crippen LogP contribution in [0.3, 0.4) is 0 Å². The topological polar surface area (TPSA) is 54.2 Å². The average Bonchev–Trinajstić information content (AvgIpc) is 3.10. The van der Waals surface area contributed by atoms with Gasteiger partial charge in [0.15, 0.2) is 5.96 Å². The predicted molar refractivity (Wildman–Crippen MR) is 82.8 cm³/mol. The number of nitrogens with zero attached hydrogens (tertiary/aromatic N) is 3. The average molecular weight is 277 g/mol. The molecule has 1 aromatic heterocycles. The second-order valence-corrected chi connectivity index (χ2v) is 5.99. The molecule has 112 valence electrons. The molecule has 1 saturated carbocycles. The van der Waals surface area contributed by atoms with Crippen molar-refractivity contribution >= 4 is 5.96 Å². The first-order valence-electron chi connectivity index (χ1n) is 7.64. The summed E-state index contributed by atoms with van der Waals surface area (Å²) in [6.45, 7) is 5.24. The monoisotopic (exact) mass is 277 g/mol. The van der Waals surface area contributed by atoms with E-state index in [1.54, 1.807) is 0 Å². The Bertz CT molecular complexity index is 404. The van der Waals surface area contributed by atoms with E-state index in [4.69, 9.17) is 0 Å². The zero-order valence-electron chi connectivity index (χ0n) is 12.7. The minimum atomic E-state index is 0.451. The number of hydrogen-bond acceptors (Lipinski definition) is 2. The van der Waals surface area contributed by atoms with Gasteiger partial charge in [-0.3, -0.25) is 9.67 Å². The van der Waals surface area contributed by atoms with Crippen LogP contribution in [0.15, 0.2) is 23.5 Å². The Morgan fingerprint density at radius 3 is 2.80 bits per heavy atom. The molecule has 5 heteroatoms. The molecule has 0 aromatic carbocycles. The molecule has 0 bridgehead atoms. The van der Waals surface area contributed by atoms with Gasteiger partial charge in [-0.2, -0.15) is 5.10 Å². The number of hydrogen-bond donors (Lipinski definition) is 2. The highest BCUT2D eigenvalue weighted by Gasteiger charge is 2.28. The zero-order chi connectivity index (χ0) is 14.3. The number of aryl methyl sites for hydroxylation is 1. The number of rotatable bonds is 6. The van der Waals surface area contributed by atoms with Crippen molar-refractivity contribution in [3.05, 3.63) is 18.5 Å². The van der Waals surface area contributed by atoms with Crippen molar-refractivity contribution in [2.75, 3.05) is 20.1 Å². The third-order valence-corrected chi connectivity index (χ3v) is 4.13. The third-order valence-electron chi connectivity index (χ3n) is 4.13. The van der Waals surface area contributed by atoms with Crippen LogP contribution in [-0.2, 0) is 6.54 Å². The van der Waals surface area contributed by atoms with Gasteiger partial charge in [0.05, 0.1) is 0 Å². The Morgan fingerprint density at radius 2 is 2.15 bits per heavy atom. The normalized spacial score (nSPS) is 18.2. The van der Waals surface area contributed by atoms with E-state index in [0.717, 1.165) is 32.0 Å². The third kappa shape index (κ3) is 4.54. The van der Waals surface area contributed by atoms with Gasteiger partial charge in [-0.25, -0.2) is 0 Å². The fraction of sp³-hybridized carbons (Fsp3) is 0.733. The van der Waals surface area contributed by atoms with Crippen LogP contribution in [0, 0.1) is 5.41 Å². The molecule has 0 unspecified atom stereocenters. The van der Waals surface area contributed by atoms with E-state index in [-0.39, 0.29) is 0 Å². The molecule has 2 rings (SSSR count). The summed E-state index contributed by atoms with van der Waals surface area (Å²) in [5.41, 5.74) is 0.451. The molecule has 1 aliphatic carbocycles. The van der Waals surface area contributed by atoms with Gasteiger partial charge in [0.1, 0.15) is 0 Å². The standard InChI is InChI=1S/C15H27N5/c1-15(7-3-4-8-15)13-18-14(16-2)17-9-5-11-20-12-6-10-19-20/h6,10,12H,3-5,7-9,11,13H2,1-2H3,(H2,16,17,18). The van der Waals surface area contributed by atoms with Gasteiger partial charge in [0.2, 0.25) is 0 Å². The van der Waals surface area contributed by atoms with Crippen LogP contribution in [0.4, 0.5) is 0 Å². The molecule has 0 atom stereocenters. The second-order valence-electron chi connectivity index (χ2n) is 5.99. The summed E-state index contributed by atoms with van der Waals surface area (Å²) in [6.07, 6.45) is 10.2. The summed E-state index contributed by atoms with van der Waals surface area (Å²) in [6, 6.07) is 1.95. The van der Waals surface area contributed by atoms with Crippen molar-refractivity contribution in [3.63, 3.8) is 0 Å². The largest absolute Gasteiger partial charge is 0.356 e. The first-order chi connectivity index (χ1) is 9.72. The number of aromatic nitrogens is 2. The highest BCUT2D eigenvalue weighted by molar-refractivity contribution is 5.79. The molecule has 0 radical (unpaired) electrons. The smallest absolute Gasteiger partial charge is 0.190 e. The number of aliphatic imine (C=N–C) groups is 1. The molecule has 1 fully saturated rings. The lowest BCUT2D eigenvalue weighted by atomic mass is 9.89. The molecule has 20 heavy (non-hydrogen) atoms. The SMILES string of the molecule is CN=C(NCCCn1cccn1)NCC1(C)CCCC1. The van der Waals surface area contributed by atoms with E-state index < -0.39 is 0 Å². The molecule has 0 amide bonds. The molecule has 0 saturated heterocycles. The summed E-state index contributed by atoms with van der Waals surface area (Å²) >= 11 is 0. The lowest BCUT2D eigenvalue weighted by molar-refractivity contribution is 0.334. The van der Waals surface area contributed by atoms with Crippen LogP contribution < -0.4 is 10.6 Å². The predicted octanol–water partition coefficient (Wildman–Crippen LogP) is 2.02. The molecule has 0 aliphatic heterocycles. The van der Waals surface area contributed by atoms with Crippen LogP contribution in [0.5, 0.6) is 0 Å². The quantitative estimate of drug-likeness (QED) is 0.475. The maximum absolute atomic E-state index is 4.29. The highest BCUT2D eigenvalue weighted by Crippen LogP contribution is 2.36. The first-order valence-corrected chi connectivity index (χ1v) is 7.64. The van der Waals surface area contributed by atoms with E-state index in [0.29, 0.717) is 5.41 Å². The zero-order valence-corrected chi connectivity index (χ0v) is 12.7. The van der Waals surface area contributed by atoms with Gasteiger partial charge < -0.3 is 10.6 Å². The maximum atomic E-state index is 4.29. The van der Waals surface area contributed by atoms with Crippen molar-refractivity contribution in [1.82, 2.24) is 20.4 Å². The molecule has 0 spiro atoms. The van der Waals surface area contributed by atoms with Gasteiger partial charge in [-0.05, 0) is 30.7 Å². The van der Waals surface area contributed by atoms with E-state index in [1.165, 1.54) is 25.7 Å². The Hall–Kier alpha value is -1.52. The molecular weight excluding hydrogens is 250 g/mol. The van der Waals surface area contributed by atoms with Crippen LogP contribution >= 0.6 is 0 Å². The fourth-order valence-corrected chi connectivity index (χ4v) is 2.80. The van der Waals surface area contributed by atoms with Gasteiger partial charge >= 0.3 is 0 Å². The lowest BCUT2D eigenvalue weighted by Gasteiger charge is -2.25. The Balaban J connectivity index is 1.62. The second kappa shape index (κ2) is 7.31. The number of nitrogens with one attached hydrogen (secondary N) is 2. The summed E-state index contributed by atoms with van der Waals surface area (Å²) in [4.78, 5) is 4.29. The first kappa shape index (κ1) is 14.9. The Labute approximate surface area is 121 Å². The fourth-order valence-electron chi connectivity index (χ4n) is 2.80. The van der Waals surface area contributed by atoms with Crippen molar-refractivity contribution in [2.24, 2.45) is 10.4 Å². The van der Waals surface area contributed by atoms with Gasteiger partial charge in [0, 0.05) is 39.1 Å².